The molecular weight excluding hydrogens is 383 g/mol. The number of halogens is 1. The second-order valence-electron chi connectivity index (χ2n) is 7.80. The number of nitrogens with one attached hydrogen (secondary N) is 2. The number of hydrogen-bond donors (Lipinski definition) is 2. The number of carbonyl (C=O) groups is 2. The van der Waals surface area contributed by atoms with E-state index in [0.29, 0.717) is 28.8 Å². The molecule has 2 N–H and O–H groups in total. The molecule has 2 amide bonds. The molecule has 0 unspecified atom stereocenters. The van der Waals surface area contributed by atoms with Crippen molar-refractivity contribution in [3.63, 3.8) is 0 Å². The summed E-state index contributed by atoms with van der Waals surface area (Å²) in [6.07, 6.45) is 6.13. The van der Waals surface area contributed by atoms with Crippen LogP contribution in [0.3, 0.4) is 0 Å². The van der Waals surface area contributed by atoms with Gasteiger partial charge in [-0.3, -0.25) is 14.6 Å². The lowest BCUT2D eigenvalue weighted by atomic mass is 10.1. The quantitative estimate of drug-likeness (QED) is 0.672. The molecule has 30 heavy (non-hydrogen) atoms. The Morgan fingerprint density at radius 2 is 2.07 bits per heavy atom. The van der Waals surface area contributed by atoms with Crippen LogP contribution in [0.15, 0.2) is 42.7 Å². The molecule has 2 aromatic heterocycles. The largest absolute Gasteiger partial charge is 0.359 e. The minimum atomic E-state index is -0.354. The molecule has 1 aliphatic rings. The van der Waals surface area contributed by atoms with E-state index in [0.717, 1.165) is 24.6 Å². The van der Waals surface area contributed by atoms with Crippen molar-refractivity contribution in [3.05, 3.63) is 54.1 Å². The topological polar surface area (TPSA) is 78.1 Å². The SMILES string of the molecule is CCC(=O)N[C@H]1CC[C@@H](N(C)C(=O)c2ccc(-c3ccc4cc[nH]c4c3F)nc2)C1. The van der Waals surface area contributed by atoms with E-state index in [9.17, 15) is 14.0 Å². The van der Waals surface area contributed by atoms with Crippen molar-refractivity contribution in [2.45, 2.75) is 44.7 Å². The van der Waals surface area contributed by atoms with Gasteiger partial charge in [-0.05, 0) is 43.5 Å². The van der Waals surface area contributed by atoms with Crippen LogP contribution in [-0.4, -0.2) is 45.8 Å². The van der Waals surface area contributed by atoms with Gasteiger partial charge in [0.2, 0.25) is 5.91 Å². The van der Waals surface area contributed by atoms with Crippen LogP contribution in [0.4, 0.5) is 4.39 Å². The van der Waals surface area contributed by atoms with Gasteiger partial charge in [-0.2, -0.15) is 0 Å². The Bertz CT molecular complexity index is 1080. The first-order valence-corrected chi connectivity index (χ1v) is 10.3. The third kappa shape index (κ3) is 3.79. The average Bonchev–Trinajstić information content (AvgIpc) is 3.43. The number of fused-ring (bicyclic) bond motifs is 1. The average molecular weight is 408 g/mol. The Morgan fingerprint density at radius 3 is 2.80 bits per heavy atom. The Balaban J connectivity index is 1.46. The van der Waals surface area contributed by atoms with Crippen LogP contribution < -0.4 is 5.32 Å². The summed E-state index contributed by atoms with van der Waals surface area (Å²) in [5, 5.41) is 3.81. The monoisotopic (exact) mass is 408 g/mol. The van der Waals surface area contributed by atoms with Crippen LogP contribution >= 0.6 is 0 Å². The van der Waals surface area contributed by atoms with Gasteiger partial charge in [0.15, 0.2) is 5.82 Å². The molecule has 0 radical (unpaired) electrons. The molecule has 2 atom stereocenters. The Hall–Kier alpha value is -3.22. The zero-order valence-corrected chi connectivity index (χ0v) is 17.1. The number of rotatable bonds is 5. The molecule has 2 heterocycles. The number of amides is 2. The van der Waals surface area contributed by atoms with Gasteiger partial charge in [-0.15, -0.1) is 0 Å². The maximum absolute atomic E-state index is 14.8. The van der Waals surface area contributed by atoms with Crippen LogP contribution in [-0.2, 0) is 4.79 Å². The predicted octanol–water partition coefficient (Wildman–Crippen LogP) is 3.89. The molecule has 0 spiro atoms. The second kappa shape index (κ2) is 8.26. The van der Waals surface area contributed by atoms with Gasteiger partial charge in [-0.1, -0.05) is 13.0 Å². The van der Waals surface area contributed by atoms with Gasteiger partial charge >= 0.3 is 0 Å². The number of aromatic amines is 1. The molecule has 0 bridgehead atoms. The predicted molar refractivity (Wildman–Crippen MR) is 113 cm³/mol. The number of pyridine rings is 1. The van der Waals surface area contributed by atoms with Crippen molar-refractivity contribution in [3.8, 4) is 11.3 Å². The summed E-state index contributed by atoms with van der Waals surface area (Å²) in [6, 6.07) is 8.90. The molecule has 0 saturated heterocycles. The normalized spacial score (nSPS) is 18.5. The van der Waals surface area contributed by atoms with Gasteiger partial charge in [0.25, 0.3) is 5.91 Å². The van der Waals surface area contributed by atoms with Gasteiger partial charge < -0.3 is 15.2 Å². The van der Waals surface area contributed by atoms with E-state index in [1.807, 2.05) is 19.1 Å². The zero-order valence-electron chi connectivity index (χ0n) is 17.1. The van der Waals surface area contributed by atoms with Crippen LogP contribution in [0, 0.1) is 5.82 Å². The highest BCUT2D eigenvalue weighted by Crippen LogP contribution is 2.28. The molecule has 156 valence electrons. The lowest BCUT2D eigenvalue weighted by Crippen LogP contribution is -2.38. The van der Waals surface area contributed by atoms with Crippen molar-refractivity contribution < 1.29 is 14.0 Å². The molecule has 3 aromatic rings. The number of aromatic nitrogens is 2. The van der Waals surface area contributed by atoms with Gasteiger partial charge in [-0.25, -0.2) is 4.39 Å². The number of benzene rings is 1. The minimum Gasteiger partial charge on any atom is -0.359 e. The Kier molecular flexibility index (Phi) is 5.53. The summed E-state index contributed by atoms with van der Waals surface area (Å²) < 4.78 is 14.8. The molecule has 1 aromatic carbocycles. The van der Waals surface area contributed by atoms with Crippen molar-refractivity contribution in [1.29, 1.82) is 0 Å². The first-order chi connectivity index (χ1) is 14.5. The highest BCUT2D eigenvalue weighted by atomic mass is 19.1. The Labute approximate surface area is 174 Å². The first kappa shape index (κ1) is 20.1. The van der Waals surface area contributed by atoms with E-state index in [1.165, 1.54) is 6.20 Å². The van der Waals surface area contributed by atoms with E-state index in [2.05, 4.69) is 15.3 Å². The second-order valence-corrected chi connectivity index (χ2v) is 7.80. The van der Waals surface area contributed by atoms with Gasteiger partial charge in [0, 0.05) is 48.9 Å². The third-order valence-corrected chi connectivity index (χ3v) is 5.91. The number of carbonyl (C=O) groups excluding carboxylic acids is 2. The fraction of sp³-hybridized carbons (Fsp3) is 0.348. The van der Waals surface area contributed by atoms with Gasteiger partial charge in [0.1, 0.15) is 0 Å². The van der Waals surface area contributed by atoms with Crippen LogP contribution in [0.5, 0.6) is 0 Å². The zero-order chi connectivity index (χ0) is 21.3. The van der Waals surface area contributed by atoms with Gasteiger partial charge in [0.05, 0.1) is 16.8 Å². The van der Waals surface area contributed by atoms with E-state index in [4.69, 9.17) is 0 Å². The fourth-order valence-electron chi connectivity index (χ4n) is 4.11. The fourth-order valence-corrected chi connectivity index (χ4v) is 4.11. The summed E-state index contributed by atoms with van der Waals surface area (Å²) in [5.74, 6) is -0.437. The molecule has 1 aliphatic carbocycles. The van der Waals surface area contributed by atoms with Crippen LogP contribution in [0.1, 0.15) is 43.0 Å². The maximum atomic E-state index is 14.8. The lowest BCUT2D eigenvalue weighted by Gasteiger charge is -2.25. The molecule has 0 aliphatic heterocycles. The molecule has 4 rings (SSSR count). The summed E-state index contributed by atoms with van der Waals surface area (Å²) in [7, 11) is 1.78. The van der Waals surface area contributed by atoms with E-state index < -0.39 is 0 Å². The molecule has 7 heteroatoms. The van der Waals surface area contributed by atoms with E-state index >= 15 is 0 Å². The van der Waals surface area contributed by atoms with Crippen LogP contribution in [0.25, 0.3) is 22.2 Å². The minimum absolute atomic E-state index is 0.0409. The summed E-state index contributed by atoms with van der Waals surface area (Å²) in [6.45, 7) is 1.83. The highest BCUT2D eigenvalue weighted by molar-refractivity contribution is 5.94. The molecule has 1 fully saturated rings. The standard InChI is InChI=1S/C23H25FN4O2/c1-3-20(29)27-16-6-7-17(12-16)28(2)23(30)15-5-9-19(26-13-15)18-8-4-14-10-11-25-22(14)21(18)24/h4-5,8-11,13,16-17,25H,3,6-7,12H2,1-2H3,(H,27,29)/t16-,17+/m0/s1. The molecule has 6 nitrogen and oxygen atoms in total. The number of hydrogen-bond acceptors (Lipinski definition) is 3. The van der Waals surface area contributed by atoms with E-state index in [-0.39, 0.29) is 29.7 Å². The smallest absolute Gasteiger partial charge is 0.255 e. The van der Waals surface area contributed by atoms with Crippen molar-refractivity contribution in [1.82, 2.24) is 20.2 Å². The lowest BCUT2D eigenvalue weighted by molar-refractivity contribution is -0.121. The maximum Gasteiger partial charge on any atom is 0.255 e. The third-order valence-electron chi connectivity index (χ3n) is 5.91. The summed E-state index contributed by atoms with van der Waals surface area (Å²) >= 11 is 0. The van der Waals surface area contributed by atoms with Crippen molar-refractivity contribution in [2.24, 2.45) is 0 Å². The highest BCUT2D eigenvalue weighted by Gasteiger charge is 2.31. The summed E-state index contributed by atoms with van der Waals surface area (Å²) in [4.78, 5) is 33.5. The summed E-state index contributed by atoms with van der Waals surface area (Å²) in [5.41, 5.74) is 1.78. The Morgan fingerprint density at radius 1 is 1.23 bits per heavy atom. The first-order valence-electron chi connectivity index (χ1n) is 10.3. The van der Waals surface area contributed by atoms with Crippen molar-refractivity contribution >= 4 is 22.7 Å². The van der Waals surface area contributed by atoms with Crippen molar-refractivity contribution in [2.75, 3.05) is 7.05 Å². The number of H-pyrrole nitrogens is 1. The molecule has 1 saturated carbocycles. The molecular formula is C23H25FN4O2. The van der Waals surface area contributed by atoms with Crippen LogP contribution in [0.2, 0.25) is 0 Å². The van der Waals surface area contributed by atoms with E-state index in [1.54, 1.807) is 36.3 Å². The number of nitrogens with zero attached hydrogens (tertiary/aromatic N) is 2.